The van der Waals surface area contributed by atoms with E-state index in [2.05, 4.69) is 18.0 Å². The van der Waals surface area contributed by atoms with Gasteiger partial charge in [0.05, 0.1) is 19.3 Å². The average Bonchev–Trinajstić information content (AvgIpc) is 2.34. The Morgan fingerprint density at radius 3 is 2.74 bits per heavy atom. The molecule has 0 amide bonds. The molecule has 1 N–H and O–H groups in total. The van der Waals surface area contributed by atoms with Crippen molar-refractivity contribution in [1.82, 2.24) is 5.32 Å². The molecule has 0 unspecified atom stereocenters. The van der Waals surface area contributed by atoms with Gasteiger partial charge in [0.1, 0.15) is 5.75 Å². The number of ether oxygens (including phenoxy) is 2. The van der Waals surface area contributed by atoms with E-state index in [1.807, 2.05) is 39.0 Å². The standard InChI is InChI=1S/C16H25NO2/c1-13(2)12-18-10-9-17-11-15-7-5-6-8-16(15)19-14(3)4/h5-8,14,17H,1,9-12H2,2-4H3. The quantitative estimate of drug-likeness (QED) is 0.548. The molecule has 0 fully saturated rings. The van der Waals surface area contributed by atoms with Crippen LogP contribution in [0.1, 0.15) is 26.3 Å². The van der Waals surface area contributed by atoms with Crippen LogP contribution in [0, 0.1) is 0 Å². The van der Waals surface area contributed by atoms with Gasteiger partial charge in [0.2, 0.25) is 0 Å². The second kappa shape index (κ2) is 8.73. The van der Waals surface area contributed by atoms with Crippen molar-refractivity contribution in [2.75, 3.05) is 19.8 Å². The first-order valence-corrected chi connectivity index (χ1v) is 6.77. The van der Waals surface area contributed by atoms with Crippen LogP contribution in [0.3, 0.4) is 0 Å². The van der Waals surface area contributed by atoms with Gasteiger partial charge in [-0.05, 0) is 26.8 Å². The zero-order chi connectivity index (χ0) is 14.1. The summed E-state index contributed by atoms with van der Waals surface area (Å²) in [6, 6.07) is 8.12. The van der Waals surface area contributed by atoms with Crippen LogP contribution in [-0.2, 0) is 11.3 Å². The predicted octanol–water partition coefficient (Wildman–Crippen LogP) is 3.16. The molecular weight excluding hydrogens is 238 g/mol. The first-order chi connectivity index (χ1) is 9.09. The summed E-state index contributed by atoms with van der Waals surface area (Å²) in [5, 5.41) is 3.35. The van der Waals surface area contributed by atoms with Gasteiger partial charge in [-0.3, -0.25) is 0 Å². The number of rotatable bonds is 9. The van der Waals surface area contributed by atoms with Crippen molar-refractivity contribution in [3.63, 3.8) is 0 Å². The molecule has 1 aromatic rings. The van der Waals surface area contributed by atoms with E-state index in [0.29, 0.717) is 13.2 Å². The Morgan fingerprint density at radius 1 is 1.32 bits per heavy atom. The maximum Gasteiger partial charge on any atom is 0.124 e. The molecule has 3 heteroatoms. The third kappa shape index (κ3) is 6.99. The first-order valence-electron chi connectivity index (χ1n) is 6.77. The van der Waals surface area contributed by atoms with Crippen molar-refractivity contribution < 1.29 is 9.47 Å². The molecule has 0 saturated carbocycles. The Bertz CT molecular complexity index is 388. The summed E-state index contributed by atoms with van der Waals surface area (Å²) in [6.45, 7) is 12.8. The van der Waals surface area contributed by atoms with E-state index in [0.717, 1.165) is 24.4 Å². The maximum absolute atomic E-state index is 5.77. The lowest BCUT2D eigenvalue weighted by Crippen LogP contribution is -2.20. The van der Waals surface area contributed by atoms with Gasteiger partial charge in [0, 0.05) is 18.7 Å². The number of para-hydroxylation sites is 1. The fourth-order valence-corrected chi connectivity index (χ4v) is 1.63. The van der Waals surface area contributed by atoms with Crippen LogP contribution in [0.15, 0.2) is 36.4 Å². The molecule has 0 aliphatic carbocycles. The van der Waals surface area contributed by atoms with Crippen LogP contribution in [0.5, 0.6) is 5.75 Å². The third-order valence-corrected chi connectivity index (χ3v) is 2.42. The Labute approximate surface area is 116 Å². The zero-order valence-corrected chi connectivity index (χ0v) is 12.2. The largest absolute Gasteiger partial charge is 0.491 e. The molecule has 1 aromatic carbocycles. The van der Waals surface area contributed by atoms with Crippen molar-refractivity contribution in [3.8, 4) is 5.75 Å². The van der Waals surface area contributed by atoms with Gasteiger partial charge < -0.3 is 14.8 Å². The Morgan fingerprint density at radius 2 is 2.05 bits per heavy atom. The molecule has 19 heavy (non-hydrogen) atoms. The summed E-state index contributed by atoms with van der Waals surface area (Å²) >= 11 is 0. The molecule has 0 radical (unpaired) electrons. The molecule has 0 aromatic heterocycles. The van der Waals surface area contributed by atoms with E-state index in [-0.39, 0.29) is 6.10 Å². The SMILES string of the molecule is C=C(C)COCCNCc1ccccc1OC(C)C. The molecule has 1 rings (SSSR count). The molecule has 0 aliphatic heterocycles. The van der Waals surface area contributed by atoms with Gasteiger partial charge in [-0.15, -0.1) is 0 Å². The average molecular weight is 263 g/mol. The van der Waals surface area contributed by atoms with Crippen molar-refractivity contribution in [2.45, 2.75) is 33.4 Å². The highest BCUT2D eigenvalue weighted by atomic mass is 16.5. The van der Waals surface area contributed by atoms with Gasteiger partial charge in [0.15, 0.2) is 0 Å². The number of hydrogen-bond donors (Lipinski definition) is 1. The number of hydrogen-bond acceptors (Lipinski definition) is 3. The minimum atomic E-state index is 0.194. The number of nitrogens with one attached hydrogen (secondary N) is 1. The lowest BCUT2D eigenvalue weighted by molar-refractivity contribution is 0.157. The van der Waals surface area contributed by atoms with E-state index >= 15 is 0 Å². The van der Waals surface area contributed by atoms with Gasteiger partial charge >= 0.3 is 0 Å². The number of benzene rings is 1. The highest BCUT2D eigenvalue weighted by Crippen LogP contribution is 2.18. The van der Waals surface area contributed by atoms with Crippen molar-refractivity contribution in [2.24, 2.45) is 0 Å². The predicted molar refractivity (Wildman–Crippen MR) is 79.5 cm³/mol. The van der Waals surface area contributed by atoms with Crippen molar-refractivity contribution in [3.05, 3.63) is 42.0 Å². The minimum Gasteiger partial charge on any atom is -0.491 e. The Kier molecular flexibility index (Phi) is 7.23. The Hall–Kier alpha value is -1.32. The van der Waals surface area contributed by atoms with E-state index in [1.54, 1.807) is 0 Å². The summed E-state index contributed by atoms with van der Waals surface area (Å²) in [5.41, 5.74) is 2.23. The van der Waals surface area contributed by atoms with E-state index in [9.17, 15) is 0 Å². The summed E-state index contributed by atoms with van der Waals surface area (Å²) in [7, 11) is 0. The van der Waals surface area contributed by atoms with Crippen molar-refractivity contribution in [1.29, 1.82) is 0 Å². The van der Waals surface area contributed by atoms with Crippen LogP contribution in [0.2, 0.25) is 0 Å². The molecule has 106 valence electrons. The molecule has 0 bridgehead atoms. The fourth-order valence-electron chi connectivity index (χ4n) is 1.63. The van der Waals surface area contributed by atoms with Gasteiger partial charge in [-0.25, -0.2) is 0 Å². The minimum absolute atomic E-state index is 0.194. The zero-order valence-electron chi connectivity index (χ0n) is 12.2. The second-order valence-electron chi connectivity index (χ2n) is 4.96. The second-order valence-corrected chi connectivity index (χ2v) is 4.96. The normalized spacial score (nSPS) is 10.7. The molecule has 0 spiro atoms. The summed E-state index contributed by atoms with van der Waals surface area (Å²) < 4.78 is 11.2. The summed E-state index contributed by atoms with van der Waals surface area (Å²) in [6.07, 6.45) is 0.194. The highest BCUT2D eigenvalue weighted by molar-refractivity contribution is 5.33. The molecular formula is C16H25NO2. The molecule has 0 aliphatic rings. The Balaban J connectivity index is 2.30. The summed E-state index contributed by atoms with van der Waals surface area (Å²) in [5.74, 6) is 0.952. The topological polar surface area (TPSA) is 30.5 Å². The van der Waals surface area contributed by atoms with Gasteiger partial charge in [-0.1, -0.05) is 30.4 Å². The van der Waals surface area contributed by atoms with Gasteiger partial charge in [-0.2, -0.15) is 0 Å². The van der Waals surface area contributed by atoms with Crippen molar-refractivity contribution >= 4 is 0 Å². The van der Waals surface area contributed by atoms with E-state index in [4.69, 9.17) is 9.47 Å². The van der Waals surface area contributed by atoms with Crippen LogP contribution >= 0.6 is 0 Å². The molecule has 0 saturated heterocycles. The lowest BCUT2D eigenvalue weighted by Gasteiger charge is -2.14. The maximum atomic E-state index is 5.77. The lowest BCUT2D eigenvalue weighted by atomic mass is 10.2. The highest BCUT2D eigenvalue weighted by Gasteiger charge is 2.04. The molecule has 3 nitrogen and oxygen atoms in total. The smallest absolute Gasteiger partial charge is 0.124 e. The monoisotopic (exact) mass is 263 g/mol. The molecule has 0 atom stereocenters. The van der Waals surface area contributed by atoms with Crippen LogP contribution in [-0.4, -0.2) is 25.9 Å². The molecule has 0 heterocycles. The fraction of sp³-hybridized carbons (Fsp3) is 0.500. The van der Waals surface area contributed by atoms with Crippen LogP contribution in [0.25, 0.3) is 0 Å². The van der Waals surface area contributed by atoms with E-state index < -0.39 is 0 Å². The van der Waals surface area contributed by atoms with E-state index in [1.165, 1.54) is 5.56 Å². The van der Waals surface area contributed by atoms with Crippen LogP contribution in [0.4, 0.5) is 0 Å². The first kappa shape index (κ1) is 15.7. The van der Waals surface area contributed by atoms with Gasteiger partial charge in [0.25, 0.3) is 0 Å². The summed E-state index contributed by atoms with van der Waals surface area (Å²) in [4.78, 5) is 0. The van der Waals surface area contributed by atoms with Crippen LogP contribution < -0.4 is 10.1 Å². The third-order valence-electron chi connectivity index (χ3n) is 2.42.